The quantitative estimate of drug-likeness (QED) is 0.818. The van der Waals surface area contributed by atoms with E-state index in [1.54, 1.807) is 25.2 Å². The van der Waals surface area contributed by atoms with Crippen LogP contribution in [0.1, 0.15) is 18.9 Å². The summed E-state index contributed by atoms with van der Waals surface area (Å²) < 4.78 is 10.5. The number of ether oxygens (including phenoxy) is 2. The van der Waals surface area contributed by atoms with E-state index < -0.39 is 6.04 Å². The first-order valence-corrected chi connectivity index (χ1v) is 8.13. The van der Waals surface area contributed by atoms with E-state index in [2.05, 4.69) is 10.6 Å². The molecule has 1 fully saturated rings. The molecule has 0 spiro atoms. The van der Waals surface area contributed by atoms with E-state index in [0.717, 1.165) is 17.1 Å². The smallest absolute Gasteiger partial charge is 0.318 e. The Morgan fingerprint density at radius 1 is 1.29 bits per heavy atom. The van der Waals surface area contributed by atoms with E-state index >= 15 is 0 Å². The van der Waals surface area contributed by atoms with Crippen molar-refractivity contribution in [2.45, 2.75) is 25.8 Å². The van der Waals surface area contributed by atoms with E-state index in [0.29, 0.717) is 32.5 Å². The third-order valence-corrected chi connectivity index (χ3v) is 4.08. The molecule has 1 saturated heterocycles. The normalized spacial score (nSPS) is 17.2. The molecule has 0 unspecified atom stereocenters. The van der Waals surface area contributed by atoms with Crippen LogP contribution in [-0.4, -0.2) is 56.7 Å². The van der Waals surface area contributed by atoms with Crippen molar-refractivity contribution in [3.05, 3.63) is 23.8 Å². The van der Waals surface area contributed by atoms with Crippen LogP contribution in [0.25, 0.3) is 0 Å². The molecule has 1 aliphatic heterocycles. The standard InChI is InChI=1S/C17H25N3O4/c1-4-15-16(21)18-7-8-20(15)17(22)19-6-5-12-9-13(23-2)11-14(10-12)24-3/h9-11,15H,4-8H2,1-3H3,(H,18,21)(H,19,22)/t15-/m1/s1. The highest BCUT2D eigenvalue weighted by molar-refractivity contribution is 5.88. The third-order valence-electron chi connectivity index (χ3n) is 4.08. The highest BCUT2D eigenvalue weighted by Gasteiger charge is 2.31. The Bertz CT molecular complexity index is 569. The maximum Gasteiger partial charge on any atom is 0.318 e. The Hall–Kier alpha value is -2.44. The van der Waals surface area contributed by atoms with Gasteiger partial charge >= 0.3 is 6.03 Å². The average molecular weight is 335 g/mol. The largest absolute Gasteiger partial charge is 0.497 e. The van der Waals surface area contributed by atoms with Crippen molar-refractivity contribution < 1.29 is 19.1 Å². The van der Waals surface area contributed by atoms with Gasteiger partial charge < -0.3 is 25.0 Å². The molecule has 132 valence electrons. The number of urea groups is 1. The van der Waals surface area contributed by atoms with Crippen molar-refractivity contribution >= 4 is 11.9 Å². The SMILES string of the molecule is CC[C@@H]1C(=O)NCCN1C(=O)NCCc1cc(OC)cc(OC)c1. The number of amides is 3. The van der Waals surface area contributed by atoms with Gasteiger partial charge in [-0.05, 0) is 30.5 Å². The molecule has 7 nitrogen and oxygen atoms in total. The first kappa shape index (κ1) is 17.9. The lowest BCUT2D eigenvalue weighted by Gasteiger charge is -2.34. The summed E-state index contributed by atoms with van der Waals surface area (Å²) in [5.74, 6) is 1.35. The van der Waals surface area contributed by atoms with Gasteiger partial charge in [0, 0.05) is 25.7 Å². The van der Waals surface area contributed by atoms with E-state index in [1.807, 2.05) is 19.1 Å². The zero-order valence-corrected chi connectivity index (χ0v) is 14.4. The molecular formula is C17H25N3O4. The third kappa shape index (κ3) is 4.31. The fraction of sp³-hybridized carbons (Fsp3) is 0.529. The Balaban J connectivity index is 1.91. The highest BCUT2D eigenvalue weighted by atomic mass is 16.5. The van der Waals surface area contributed by atoms with E-state index in [9.17, 15) is 9.59 Å². The second-order valence-electron chi connectivity index (χ2n) is 5.61. The number of benzene rings is 1. The maximum absolute atomic E-state index is 12.3. The predicted molar refractivity (Wildman–Crippen MR) is 90.4 cm³/mol. The average Bonchev–Trinajstić information content (AvgIpc) is 2.60. The molecule has 1 atom stereocenters. The minimum absolute atomic E-state index is 0.0866. The molecule has 0 bridgehead atoms. The van der Waals surface area contributed by atoms with Gasteiger partial charge in [0.05, 0.1) is 14.2 Å². The van der Waals surface area contributed by atoms with Crippen LogP contribution in [0.3, 0.4) is 0 Å². The van der Waals surface area contributed by atoms with Gasteiger partial charge in [-0.15, -0.1) is 0 Å². The summed E-state index contributed by atoms with van der Waals surface area (Å²) >= 11 is 0. The Kier molecular flexibility index (Phi) is 6.28. The molecule has 1 heterocycles. The summed E-state index contributed by atoms with van der Waals surface area (Å²) in [7, 11) is 3.21. The molecule has 2 rings (SSSR count). The van der Waals surface area contributed by atoms with E-state index in [-0.39, 0.29) is 11.9 Å². The van der Waals surface area contributed by atoms with Gasteiger partial charge in [0.2, 0.25) is 5.91 Å². The Morgan fingerprint density at radius 3 is 2.54 bits per heavy atom. The van der Waals surface area contributed by atoms with Gasteiger partial charge in [-0.2, -0.15) is 0 Å². The fourth-order valence-electron chi connectivity index (χ4n) is 2.79. The monoisotopic (exact) mass is 335 g/mol. The van der Waals surface area contributed by atoms with Crippen molar-refractivity contribution in [1.29, 1.82) is 0 Å². The molecule has 3 amide bonds. The van der Waals surface area contributed by atoms with Crippen molar-refractivity contribution in [3.8, 4) is 11.5 Å². The summed E-state index contributed by atoms with van der Waals surface area (Å²) in [5.41, 5.74) is 1.01. The van der Waals surface area contributed by atoms with Crippen LogP contribution in [0.2, 0.25) is 0 Å². The molecule has 1 aliphatic rings. The second-order valence-corrected chi connectivity index (χ2v) is 5.61. The number of piperazine rings is 1. The lowest BCUT2D eigenvalue weighted by atomic mass is 10.1. The second kappa shape index (κ2) is 8.42. The van der Waals surface area contributed by atoms with E-state index in [1.165, 1.54) is 0 Å². The number of methoxy groups -OCH3 is 2. The van der Waals surface area contributed by atoms with Gasteiger partial charge in [0.25, 0.3) is 0 Å². The number of nitrogens with one attached hydrogen (secondary N) is 2. The molecule has 0 radical (unpaired) electrons. The van der Waals surface area contributed by atoms with Gasteiger partial charge in [-0.3, -0.25) is 4.79 Å². The Labute approximate surface area is 142 Å². The van der Waals surface area contributed by atoms with Crippen LogP contribution in [-0.2, 0) is 11.2 Å². The van der Waals surface area contributed by atoms with Crippen molar-refractivity contribution in [2.24, 2.45) is 0 Å². The van der Waals surface area contributed by atoms with Gasteiger partial charge in [0.1, 0.15) is 17.5 Å². The molecule has 7 heteroatoms. The molecular weight excluding hydrogens is 310 g/mol. The lowest BCUT2D eigenvalue weighted by Crippen LogP contribution is -2.59. The van der Waals surface area contributed by atoms with Gasteiger partial charge in [-0.1, -0.05) is 6.92 Å². The van der Waals surface area contributed by atoms with E-state index in [4.69, 9.17) is 9.47 Å². The van der Waals surface area contributed by atoms with Crippen molar-refractivity contribution in [3.63, 3.8) is 0 Å². The highest BCUT2D eigenvalue weighted by Crippen LogP contribution is 2.22. The van der Waals surface area contributed by atoms with Crippen LogP contribution in [0.4, 0.5) is 4.79 Å². The number of carbonyl (C=O) groups excluding carboxylic acids is 2. The van der Waals surface area contributed by atoms with Crippen molar-refractivity contribution in [2.75, 3.05) is 33.9 Å². The Morgan fingerprint density at radius 2 is 1.96 bits per heavy atom. The summed E-state index contributed by atoms with van der Waals surface area (Å²) in [6.07, 6.45) is 1.25. The number of hydrogen-bond donors (Lipinski definition) is 2. The van der Waals surface area contributed by atoms with Crippen molar-refractivity contribution in [1.82, 2.24) is 15.5 Å². The molecule has 0 saturated carbocycles. The fourth-order valence-corrected chi connectivity index (χ4v) is 2.79. The molecule has 1 aromatic carbocycles. The first-order chi connectivity index (χ1) is 11.6. The summed E-state index contributed by atoms with van der Waals surface area (Å²) in [6, 6.07) is 5.04. The number of nitrogens with zero attached hydrogens (tertiary/aromatic N) is 1. The summed E-state index contributed by atoms with van der Waals surface area (Å²) in [4.78, 5) is 25.8. The minimum atomic E-state index is -0.393. The number of rotatable bonds is 6. The molecule has 2 N–H and O–H groups in total. The summed E-state index contributed by atoms with van der Waals surface area (Å²) in [6.45, 7) is 3.40. The lowest BCUT2D eigenvalue weighted by molar-refractivity contribution is -0.127. The van der Waals surface area contributed by atoms with Gasteiger partial charge in [0.15, 0.2) is 0 Å². The zero-order valence-electron chi connectivity index (χ0n) is 14.4. The zero-order chi connectivity index (χ0) is 17.5. The predicted octanol–water partition coefficient (Wildman–Crippen LogP) is 1.17. The van der Waals surface area contributed by atoms with Crippen LogP contribution in [0.5, 0.6) is 11.5 Å². The molecule has 0 aliphatic carbocycles. The van der Waals surface area contributed by atoms with Gasteiger partial charge in [-0.25, -0.2) is 4.79 Å². The topological polar surface area (TPSA) is 79.9 Å². The molecule has 24 heavy (non-hydrogen) atoms. The number of hydrogen-bond acceptors (Lipinski definition) is 4. The maximum atomic E-state index is 12.3. The minimum Gasteiger partial charge on any atom is -0.497 e. The number of carbonyl (C=O) groups is 2. The molecule has 0 aromatic heterocycles. The van der Waals surface area contributed by atoms with Crippen LogP contribution in [0, 0.1) is 0 Å². The first-order valence-electron chi connectivity index (χ1n) is 8.13. The summed E-state index contributed by atoms with van der Waals surface area (Å²) in [5, 5.41) is 5.67. The van der Waals surface area contributed by atoms with Crippen LogP contribution in [0.15, 0.2) is 18.2 Å². The van der Waals surface area contributed by atoms with Crippen LogP contribution < -0.4 is 20.1 Å². The van der Waals surface area contributed by atoms with Crippen LogP contribution >= 0.6 is 0 Å². The molecule has 1 aromatic rings.